The van der Waals surface area contributed by atoms with E-state index in [1.807, 2.05) is 24.3 Å². The molecule has 4 rings (SSSR count). The number of nitrogens with zero attached hydrogens (tertiary/aromatic N) is 3. The van der Waals surface area contributed by atoms with Crippen molar-refractivity contribution in [3.05, 3.63) is 30.2 Å². The Balaban J connectivity index is 1.41. The predicted octanol–water partition coefficient (Wildman–Crippen LogP) is 1.80. The molecular weight excluding hydrogens is 308 g/mol. The van der Waals surface area contributed by atoms with Gasteiger partial charge in [0.15, 0.2) is 11.5 Å². The van der Waals surface area contributed by atoms with Crippen molar-refractivity contribution in [2.24, 2.45) is 5.10 Å². The average Bonchev–Trinajstić information content (AvgIpc) is 3.06. The topological polar surface area (TPSA) is 87.8 Å². The molecule has 0 atom stereocenters. The average molecular weight is 326 g/mol. The van der Waals surface area contributed by atoms with E-state index in [1.54, 1.807) is 4.90 Å². The second-order valence-electron chi connectivity index (χ2n) is 6.18. The summed E-state index contributed by atoms with van der Waals surface area (Å²) in [6, 6.07) is 7.73. The third-order valence-electron chi connectivity index (χ3n) is 4.59. The fourth-order valence-corrected chi connectivity index (χ4v) is 3.21. The van der Waals surface area contributed by atoms with E-state index in [4.69, 9.17) is 4.42 Å². The second-order valence-corrected chi connectivity index (χ2v) is 6.18. The van der Waals surface area contributed by atoms with Crippen molar-refractivity contribution >= 4 is 28.6 Å². The van der Waals surface area contributed by atoms with Crippen LogP contribution in [0.15, 0.2) is 33.8 Å². The lowest BCUT2D eigenvalue weighted by molar-refractivity contribution is -0.125. The molecular formula is C17H18N4O3. The van der Waals surface area contributed by atoms with E-state index in [9.17, 15) is 9.59 Å². The van der Waals surface area contributed by atoms with Gasteiger partial charge in [0, 0.05) is 31.8 Å². The number of oxazole rings is 1. The molecule has 0 saturated carbocycles. The molecule has 2 aromatic rings. The van der Waals surface area contributed by atoms with Crippen LogP contribution in [0.25, 0.3) is 11.1 Å². The van der Waals surface area contributed by atoms with Crippen LogP contribution in [0.2, 0.25) is 0 Å². The molecule has 1 fully saturated rings. The molecule has 1 aromatic carbocycles. The number of carbonyl (C=O) groups is 2. The van der Waals surface area contributed by atoms with Gasteiger partial charge in [-0.2, -0.15) is 5.10 Å². The van der Waals surface area contributed by atoms with Crippen molar-refractivity contribution in [1.82, 2.24) is 15.3 Å². The Labute approximate surface area is 138 Å². The minimum Gasteiger partial charge on any atom is -0.440 e. The fourth-order valence-electron chi connectivity index (χ4n) is 3.21. The number of likely N-dealkylation sites (tertiary alicyclic amines) is 1. The summed E-state index contributed by atoms with van der Waals surface area (Å²) in [4.78, 5) is 29.9. The lowest BCUT2D eigenvalue weighted by atomic mass is 9.96. The molecule has 0 bridgehead atoms. The monoisotopic (exact) mass is 326 g/mol. The normalized spacial score (nSPS) is 19.2. The number of rotatable bonds is 2. The molecule has 2 aliphatic heterocycles. The van der Waals surface area contributed by atoms with Gasteiger partial charge < -0.3 is 9.32 Å². The van der Waals surface area contributed by atoms with Crippen LogP contribution in [0.1, 0.15) is 37.5 Å². The van der Waals surface area contributed by atoms with Crippen LogP contribution in [-0.2, 0) is 9.59 Å². The zero-order valence-corrected chi connectivity index (χ0v) is 13.2. The van der Waals surface area contributed by atoms with Gasteiger partial charge in [-0.15, -0.1) is 0 Å². The van der Waals surface area contributed by atoms with Gasteiger partial charge in [0.05, 0.1) is 0 Å². The molecule has 24 heavy (non-hydrogen) atoms. The van der Waals surface area contributed by atoms with Crippen LogP contribution in [0.3, 0.4) is 0 Å². The number of hydrogen-bond donors (Lipinski definition) is 1. The largest absolute Gasteiger partial charge is 0.440 e. The zero-order chi connectivity index (χ0) is 16.5. The SMILES string of the molecule is O=C1CCC(C(=O)N2CCC(c3nc4ccccc4o3)CC2)=NN1. The number of aromatic nitrogens is 1. The third-order valence-corrected chi connectivity index (χ3v) is 4.59. The van der Waals surface area contributed by atoms with Gasteiger partial charge >= 0.3 is 0 Å². The first kappa shape index (κ1) is 14.9. The Morgan fingerprint density at radius 1 is 1.21 bits per heavy atom. The Bertz CT molecular complexity index is 785. The van der Waals surface area contributed by atoms with Gasteiger partial charge in [-0.25, -0.2) is 10.4 Å². The molecule has 124 valence electrons. The number of amides is 2. The Morgan fingerprint density at radius 2 is 2.00 bits per heavy atom. The highest BCUT2D eigenvalue weighted by Crippen LogP contribution is 2.30. The molecule has 2 amide bonds. The van der Waals surface area contributed by atoms with E-state index in [0.29, 0.717) is 31.6 Å². The van der Waals surface area contributed by atoms with Gasteiger partial charge in [-0.3, -0.25) is 9.59 Å². The Kier molecular flexibility index (Phi) is 3.76. The maximum absolute atomic E-state index is 12.4. The highest BCUT2D eigenvalue weighted by atomic mass is 16.3. The summed E-state index contributed by atoms with van der Waals surface area (Å²) in [6.45, 7) is 1.30. The smallest absolute Gasteiger partial charge is 0.270 e. The van der Waals surface area contributed by atoms with E-state index >= 15 is 0 Å². The summed E-state index contributed by atoms with van der Waals surface area (Å²) in [5.74, 6) is 0.771. The van der Waals surface area contributed by atoms with Crippen molar-refractivity contribution in [3.63, 3.8) is 0 Å². The molecule has 3 heterocycles. The van der Waals surface area contributed by atoms with Crippen molar-refractivity contribution in [3.8, 4) is 0 Å². The molecule has 0 aliphatic carbocycles. The van der Waals surface area contributed by atoms with E-state index in [2.05, 4.69) is 15.5 Å². The first-order chi connectivity index (χ1) is 11.7. The molecule has 2 aliphatic rings. The maximum atomic E-state index is 12.4. The highest BCUT2D eigenvalue weighted by Gasteiger charge is 2.30. The Hall–Kier alpha value is -2.70. The number of hydrogen-bond acceptors (Lipinski definition) is 5. The summed E-state index contributed by atoms with van der Waals surface area (Å²) in [5, 5.41) is 3.89. The molecule has 0 unspecified atom stereocenters. The van der Waals surface area contributed by atoms with Crippen LogP contribution in [0, 0.1) is 0 Å². The van der Waals surface area contributed by atoms with Crippen LogP contribution >= 0.6 is 0 Å². The number of nitrogens with one attached hydrogen (secondary N) is 1. The van der Waals surface area contributed by atoms with Gasteiger partial charge in [-0.05, 0) is 25.0 Å². The lowest BCUT2D eigenvalue weighted by Crippen LogP contribution is -2.43. The number of carbonyl (C=O) groups excluding carboxylic acids is 2. The van der Waals surface area contributed by atoms with E-state index < -0.39 is 0 Å². The van der Waals surface area contributed by atoms with E-state index in [0.717, 1.165) is 29.8 Å². The fraction of sp³-hybridized carbons (Fsp3) is 0.412. The van der Waals surface area contributed by atoms with Gasteiger partial charge in [-0.1, -0.05) is 12.1 Å². The summed E-state index contributed by atoms with van der Waals surface area (Å²) in [5.41, 5.74) is 4.50. The maximum Gasteiger partial charge on any atom is 0.270 e. The molecule has 0 spiro atoms. The van der Waals surface area contributed by atoms with Crippen LogP contribution < -0.4 is 5.43 Å². The molecule has 1 N–H and O–H groups in total. The zero-order valence-electron chi connectivity index (χ0n) is 13.2. The van der Waals surface area contributed by atoms with Gasteiger partial charge in [0.25, 0.3) is 5.91 Å². The minimum absolute atomic E-state index is 0.0778. The van der Waals surface area contributed by atoms with Crippen LogP contribution in [-0.4, -0.2) is 40.5 Å². The lowest BCUT2D eigenvalue weighted by Gasteiger charge is -2.31. The quantitative estimate of drug-likeness (QED) is 0.911. The number of piperidine rings is 1. The summed E-state index contributed by atoms with van der Waals surface area (Å²) >= 11 is 0. The van der Waals surface area contributed by atoms with E-state index in [1.165, 1.54) is 0 Å². The number of hydrazone groups is 1. The van der Waals surface area contributed by atoms with Gasteiger partial charge in [0.2, 0.25) is 5.91 Å². The second kappa shape index (κ2) is 6.07. The summed E-state index contributed by atoms with van der Waals surface area (Å²) < 4.78 is 5.85. The number of fused-ring (bicyclic) bond motifs is 1. The van der Waals surface area contributed by atoms with Crippen molar-refractivity contribution in [2.75, 3.05) is 13.1 Å². The first-order valence-corrected chi connectivity index (χ1v) is 8.21. The molecule has 0 radical (unpaired) electrons. The highest BCUT2D eigenvalue weighted by molar-refractivity contribution is 6.39. The van der Waals surface area contributed by atoms with Crippen molar-refractivity contribution in [2.45, 2.75) is 31.6 Å². The third kappa shape index (κ3) is 2.77. The van der Waals surface area contributed by atoms with Gasteiger partial charge in [0.1, 0.15) is 11.2 Å². The van der Waals surface area contributed by atoms with Crippen molar-refractivity contribution < 1.29 is 14.0 Å². The molecule has 7 nitrogen and oxygen atoms in total. The Morgan fingerprint density at radius 3 is 2.71 bits per heavy atom. The van der Waals surface area contributed by atoms with E-state index in [-0.39, 0.29) is 17.7 Å². The molecule has 7 heteroatoms. The van der Waals surface area contributed by atoms with Crippen LogP contribution in [0.4, 0.5) is 0 Å². The standard InChI is InChI=1S/C17H18N4O3/c22-15-6-5-13(19-20-15)17(23)21-9-7-11(8-10-21)16-18-12-3-1-2-4-14(12)24-16/h1-4,11H,5-10H2,(H,20,22). The molecule has 1 aromatic heterocycles. The number of para-hydroxylation sites is 2. The summed E-state index contributed by atoms with van der Waals surface area (Å²) in [6.07, 6.45) is 2.37. The predicted molar refractivity (Wildman–Crippen MR) is 87.4 cm³/mol. The number of benzene rings is 1. The minimum atomic E-state index is -0.138. The summed E-state index contributed by atoms with van der Waals surface area (Å²) in [7, 11) is 0. The first-order valence-electron chi connectivity index (χ1n) is 8.21. The van der Waals surface area contributed by atoms with Crippen molar-refractivity contribution in [1.29, 1.82) is 0 Å². The molecule has 1 saturated heterocycles. The van der Waals surface area contributed by atoms with Crippen LogP contribution in [0.5, 0.6) is 0 Å².